The number of carbonyl (C=O) groups is 1. The van der Waals surface area contributed by atoms with Crippen molar-refractivity contribution in [2.24, 2.45) is 0 Å². The molecular weight excluding hydrogens is 364 g/mol. The summed E-state index contributed by atoms with van der Waals surface area (Å²) in [7, 11) is 0. The Morgan fingerprint density at radius 1 is 1.03 bits per heavy atom. The SMILES string of the molecule is CCCCOCCOc1ccc(-c2ccc3c(c2)/C=C(/C(C)=O)CCCO3)cc1. The average Bonchev–Trinajstić information content (AvgIpc) is 2.71. The van der Waals surface area contributed by atoms with Crippen LogP contribution in [0.1, 0.15) is 45.1 Å². The Labute approximate surface area is 173 Å². The third-order valence-corrected chi connectivity index (χ3v) is 4.97. The van der Waals surface area contributed by atoms with Crippen molar-refractivity contribution in [3.05, 3.63) is 53.6 Å². The molecule has 154 valence electrons. The van der Waals surface area contributed by atoms with Gasteiger partial charge in [-0.3, -0.25) is 4.79 Å². The Bertz CT molecular complexity index is 836. The van der Waals surface area contributed by atoms with Crippen LogP contribution in [0.15, 0.2) is 48.0 Å². The van der Waals surface area contributed by atoms with E-state index in [1.165, 1.54) is 0 Å². The quantitative estimate of drug-likeness (QED) is 0.512. The number of benzene rings is 2. The number of rotatable bonds is 9. The normalized spacial score (nSPS) is 15.3. The number of ether oxygens (including phenoxy) is 3. The maximum atomic E-state index is 11.9. The highest BCUT2D eigenvalue weighted by molar-refractivity contribution is 5.98. The first kappa shape index (κ1) is 21.1. The summed E-state index contributed by atoms with van der Waals surface area (Å²) in [5, 5.41) is 0. The van der Waals surface area contributed by atoms with Gasteiger partial charge in [-0.25, -0.2) is 0 Å². The van der Waals surface area contributed by atoms with Gasteiger partial charge in [0.1, 0.15) is 18.1 Å². The van der Waals surface area contributed by atoms with E-state index in [-0.39, 0.29) is 5.78 Å². The molecule has 0 saturated heterocycles. The molecule has 0 fully saturated rings. The number of fused-ring (bicyclic) bond motifs is 1. The highest BCUT2D eigenvalue weighted by atomic mass is 16.5. The second kappa shape index (κ2) is 10.8. The number of Topliss-reactive ketones (excluding diaryl/α,β-unsaturated/α-hetero) is 1. The molecule has 2 aromatic carbocycles. The molecular formula is C25H30O4. The summed E-state index contributed by atoms with van der Waals surface area (Å²) in [6.45, 7) is 6.37. The summed E-state index contributed by atoms with van der Waals surface area (Å²) in [6.07, 6.45) is 5.81. The van der Waals surface area contributed by atoms with Gasteiger partial charge >= 0.3 is 0 Å². The number of ketones is 1. The topological polar surface area (TPSA) is 44.8 Å². The first-order valence-electron chi connectivity index (χ1n) is 10.5. The van der Waals surface area contributed by atoms with Crippen molar-refractivity contribution in [2.45, 2.75) is 39.5 Å². The van der Waals surface area contributed by atoms with Gasteiger partial charge in [-0.2, -0.15) is 0 Å². The standard InChI is InChI=1S/C25H30O4/c1-3-4-13-27-15-16-28-24-10-7-20(8-11-24)22-9-12-25-23(18-22)17-21(19(2)26)6-5-14-29-25/h7-12,17-18H,3-6,13-16H2,1-2H3/b21-17+. The Morgan fingerprint density at radius 3 is 2.59 bits per heavy atom. The molecule has 0 radical (unpaired) electrons. The minimum absolute atomic E-state index is 0.128. The van der Waals surface area contributed by atoms with Crippen LogP contribution in [0.3, 0.4) is 0 Å². The third kappa shape index (κ3) is 6.20. The van der Waals surface area contributed by atoms with Crippen LogP contribution in [0, 0.1) is 0 Å². The van der Waals surface area contributed by atoms with Gasteiger partial charge in [0, 0.05) is 12.2 Å². The smallest absolute Gasteiger partial charge is 0.155 e. The fraction of sp³-hybridized carbons (Fsp3) is 0.400. The predicted molar refractivity (Wildman–Crippen MR) is 116 cm³/mol. The lowest BCUT2D eigenvalue weighted by Crippen LogP contribution is -2.07. The lowest BCUT2D eigenvalue weighted by atomic mass is 9.98. The Kier molecular flexibility index (Phi) is 7.88. The molecule has 0 aliphatic carbocycles. The molecule has 1 aliphatic heterocycles. The van der Waals surface area contributed by atoms with Crippen LogP contribution in [0.4, 0.5) is 0 Å². The van der Waals surface area contributed by atoms with Crippen molar-refractivity contribution in [1.29, 1.82) is 0 Å². The fourth-order valence-electron chi connectivity index (χ4n) is 3.27. The van der Waals surface area contributed by atoms with Crippen LogP contribution < -0.4 is 9.47 Å². The van der Waals surface area contributed by atoms with Crippen molar-refractivity contribution in [3.63, 3.8) is 0 Å². The summed E-state index contributed by atoms with van der Waals surface area (Å²) < 4.78 is 17.1. The molecule has 0 N–H and O–H groups in total. The van der Waals surface area contributed by atoms with Crippen molar-refractivity contribution < 1.29 is 19.0 Å². The molecule has 0 spiro atoms. The van der Waals surface area contributed by atoms with E-state index >= 15 is 0 Å². The lowest BCUT2D eigenvalue weighted by Gasteiger charge is -2.16. The van der Waals surface area contributed by atoms with Crippen molar-refractivity contribution in [1.82, 2.24) is 0 Å². The first-order valence-corrected chi connectivity index (χ1v) is 10.5. The van der Waals surface area contributed by atoms with E-state index in [2.05, 4.69) is 19.1 Å². The molecule has 0 unspecified atom stereocenters. The van der Waals surface area contributed by atoms with Gasteiger partial charge in [-0.15, -0.1) is 0 Å². The van der Waals surface area contributed by atoms with Gasteiger partial charge in [-0.1, -0.05) is 31.5 Å². The first-order chi connectivity index (χ1) is 14.2. The number of carbonyl (C=O) groups excluding carboxylic acids is 1. The zero-order chi connectivity index (χ0) is 20.5. The molecule has 1 aliphatic rings. The maximum absolute atomic E-state index is 11.9. The third-order valence-electron chi connectivity index (χ3n) is 4.97. The Balaban J connectivity index is 1.68. The molecule has 0 amide bonds. The molecule has 1 heterocycles. The van der Waals surface area contributed by atoms with E-state index in [9.17, 15) is 4.79 Å². The second-order valence-corrected chi connectivity index (χ2v) is 7.27. The van der Waals surface area contributed by atoms with Crippen LogP contribution in [0.25, 0.3) is 17.2 Å². The number of allylic oxidation sites excluding steroid dienone is 1. The van der Waals surface area contributed by atoms with E-state index in [1.807, 2.05) is 36.4 Å². The molecule has 3 rings (SSSR count). The summed E-state index contributed by atoms with van der Waals surface area (Å²) >= 11 is 0. The largest absolute Gasteiger partial charge is 0.493 e. The predicted octanol–water partition coefficient (Wildman–Crippen LogP) is 5.69. The van der Waals surface area contributed by atoms with E-state index in [4.69, 9.17) is 14.2 Å². The van der Waals surface area contributed by atoms with E-state index in [0.717, 1.165) is 66.1 Å². The zero-order valence-electron chi connectivity index (χ0n) is 17.4. The highest BCUT2D eigenvalue weighted by Gasteiger charge is 2.12. The van der Waals surface area contributed by atoms with Crippen LogP contribution in [0.5, 0.6) is 11.5 Å². The Hall–Kier alpha value is -2.59. The lowest BCUT2D eigenvalue weighted by molar-refractivity contribution is -0.113. The van der Waals surface area contributed by atoms with Crippen LogP contribution in [0.2, 0.25) is 0 Å². The van der Waals surface area contributed by atoms with Crippen LogP contribution in [-0.4, -0.2) is 32.2 Å². The summed E-state index contributed by atoms with van der Waals surface area (Å²) in [6, 6.07) is 14.2. The van der Waals surface area contributed by atoms with Crippen molar-refractivity contribution in [3.8, 4) is 22.6 Å². The van der Waals surface area contributed by atoms with E-state index in [0.29, 0.717) is 19.8 Å². The van der Waals surface area contributed by atoms with Gasteiger partial charge in [0.2, 0.25) is 0 Å². The summed E-state index contributed by atoms with van der Waals surface area (Å²) in [5.74, 6) is 1.79. The number of hydrogen-bond acceptors (Lipinski definition) is 4. The van der Waals surface area contributed by atoms with Gasteiger partial charge in [0.25, 0.3) is 0 Å². The van der Waals surface area contributed by atoms with Crippen LogP contribution in [-0.2, 0) is 9.53 Å². The summed E-state index contributed by atoms with van der Waals surface area (Å²) in [5.41, 5.74) is 3.99. The summed E-state index contributed by atoms with van der Waals surface area (Å²) in [4.78, 5) is 11.9. The number of hydrogen-bond donors (Lipinski definition) is 0. The van der Waals surface area contributed by atoms with Gasteiger partial charge < -0.3 is 14.2 Å². The molecule has 0 saturated carbocycles. The van der Waals surface area contributed by atoms with E-state index < -0.39 is 0 Å². The average molecular weight is 395 g/mol. The minimum Gasteiger partial charge on any atom is -0.493 e. The Morgan fingerprint density at radius 2 is 1.83 bits per heavy atom. The fourth-order valence-corrected chi connectivity index (χ4v) is 3.27. The molecule has 0 aromatic heterocycles. The minimum atomic E-state index is 0.128. The van der Waals surface area contributed by atoms with Crippen LogP contribution >= 0.6 is 0 Å². The van der Waals surface area contributed by atoms with Crippen molar-refractivity contribution >= 4 is 11.9 Å². The zero-order valence-corrected chi connectivity index (χ0v) is 17.4. The van der Waals surface area contributed by atoms with Gasteiger partial charge in [0.15, 0.2) is 5.78 Å². The molecule has 0 atom stereocenters. The molecule has 0 bridgehead atoms. The highest BCUT2D eigenvalue weighted by Crippen LogP contribution is 2.31. The van der Waals surface area contributed by atoms with Crippen molar-refractivity contribution in [2.75, 3.05) is 26.4 Å². The molecule has 29 heavy (non-hydrogen) atoms. The van der Waals surface area contributed by atoms with E-state index in [1.54, 1.807) is 6.92 Å². The van der Waals surface area contributed by atoms with Gasteiger partial charge in [-0.05, 0) is 73.2 Å². The molecule has 4 nitrogen and oxygen atoms in total. The number of unbranched alkanes of at least 4 members (excludes halogenated alkanes) is 1. The monoisotopic (exact) mass is 394 g/mol. The van der Waals surface area contributed by atoms with Gasteiger partial charge in [0.05, 0.1) is 13.2 Å². The molecule has 2 aromatic rings. The molecule has 4 heteroatoms. The maximum Gasteiger partial charge on any atom is 0.155 e. The second-order valence-electron chi connectivity index (χ2n) is 7.27.